The number of hydrogen-bond acceptors (Lipinski definition) is 2. The fourth-order valence-electron chi connectivity index (χ4n) is 1.28. The van der Waals surface area contributed by atoms with Crippen LogP contribution in [0.2, 0.25) is 0 Å². The number of rotatable bonds is 6. The molecule has 0 fully saturated rings. The van der Waals surface area contributed by atoms with Crippen LogP contribution in [0.3, 0.4) is 0 Å². The lowest BCUT2D eigenvalue weighted by Gasteiger charge is -2.11. The Morgan fingerprint density at radius 3 is 2.50 bits per heavy atom. The van der Waals surface area contributed by atoms with Crippen LogP contribution >= 0.6 is 0 Å². The van der Waals surface area contributed by atoms with Gasteiger partial charge in [-0.2, -0.15) is 0 Å². The van der Waals surface area contributed by atoms with E-state index in [2.05, 4.69) is 31.2 Å². The molecule has 0 heterocycles. The molecule has 0 bridgehead atoms. The van der Waals surface area contributed by atoms with Gasteiger partial charge in [0.15, 0.2) is 0 Å². The summed E-state index contributed by atoms with van der Waals surface area (Å²) in [6.45, 7) is 4.27. The van der Waals surface area contributed by atoms with Crippen molar-refractivity contribution in [1.82, 2.24) is 0 Å². The molecular weight excluding hydrogens is 176 g/mol. The van der Waals surface area contributed by atoms with Crippen molar-refractivity contribution in [1.29, 1.82) is 0 Å². The second kappa shape index (κ2) is 6.57. The van der Waals surface area contributed by atoms with Gasteiger partial charge in [-0.1, -0.05) is 37.3 Å². The fraction of sp³-hybridized carbons (Fsp3) is 0.500. The van der Waals surface area contributed by atoms with Gasteiger partial charge in [-0.3, -0.25) is 0 Å². The SMILES string of the molecule is COCCOC[C@@H](C)c1ccccc1. The van der Waals surface area contributed by atoms with E-state index in [4.69, 9.17) is 9.47 Å². The molecule has 0 aromatic heterocycles. The molecule has 0 aliphatic rings. The highest BCUT2D eigenvalue weighted by atomic mass is 16.5. The Morgan fingerprint density at radius 2 is 1.86 bits per heavy atom. The molecule has 2 heteroatoms. The van der Waals surface area contributed by atoms with Crippen molar-refractivity contribution in [3.8, 4) is 0 Å². The Morgan fingerprint density at radius 1 is 1.14 bits per heavy atom. The summed E-state index contributed by atoms with van der Waals surface area (Å²) >= 11 is 0. The molecule has 1 aromatic rings. The third-order valence-electron chi connectivity index (χ3n) is 2.17. The summed E-state index contributed by atoms with van der Waals surface area (Å²) in [7, 11) is 1.68. The van der Waals surface area contributed by atoms with Crippen LogP contribution in [0.5, 0.6) is 0 Å². The summed E-state index contributed by atoms with van der Waals surface area (Å²) in [5, 5.41) is 0. The largest absolute Gasteiger partial charge is 0.382 e. The zero-order valence-electron chi connectivity index (χ0n) is 8.90. The predicted octanol–water partition coefficient (Wildman–Crippen LogP) is 2.45. The molecular formula is C12H18O2. The van der Waals surface area contributed by atoms with Crippen molar-refractivity contribution < 1.29 is 9.47 Å². The van der Waals surface area contributed by atoms with E-state index < -0.39 is 0 Å². The molecule has 78 valence electrons. The van der Waals surface area contributed by atoms with Crippen LogP contribution in [0.15, 0.2) is 30.3 Å². The van der Waals surface area contributed by atoms with Gasteiger partial charge in [0.2, 0.25) is 0 Å². The summed E-state index contributed by atoms with van der Waals surface area (Å²) in [5.41, 5.74) is 1.32. The Labute approximate surface area is 85.8 Å². The highest BCUT2D eigenvalue weighted by molar-refractivity contribution is 5.18. The van der Waals surface area contributed by atoms with Gasteiger partial charge in [0.05, 0.1) is 19.8 Å². The Balaban J connectivity index is 2.25. The summed E-state index contributed by atoms with van der Waals surface area (Å²) in [6, 6.07) is 10.4. The van der Waals surface area contributed by atoms with Crippen LogP contribution in [-0.2, 0) is 9.47 Å². The molecule has 2 nitrogen and oxygen atoms in total. The standard InChI is InChI=1S/C12H18O2/c1-11(10-14-9-8-13-2)12-6-4-3-5-7-12/h3-7,11H,8-10H2,1-2H3/t11-/m1/s1. The molecule has 0 spiro atoms. The van der Waals surface area contributed by atoms with Crippen molar-refractivity contribution in [3.05, 3.63) is 35.9 Å². The van der Waals surface area contributed by atoms with Gasteiger partial charge in [-0.05, 0) is 5.56 Å². The van der Waals surface area contributed by atoms with E-state index in [9.17, 15) is 0 Å². The molecule has 0 amide bonds. The zero-order valence-corrected chi connectivity index (χ0v) is 8.90. The van der Waals surface area contributed by atoms with Gasteiger partial charge in [0.25, 0.3) is 0 Å². The van der Waals surface area contributed by atoms with Gasteiger partial charge >= 0.3 is 0 Å². The lowest BCUT2D eigenvalue weighted by molar-refractivity contribution is 0.0649. The monoisotopic (exact) mass is 194 g/mol. The minimum Gasteiger partial charge on any atom is -0.382 e. The number of benzene rings is 1. The lowest BCUT2D eigenvalue weighted by Crippen LogP contribution is -2.08. The minimum atomic E-state index is 0.452. The number of methoxy groups -OCH3 is 1. The van der Waals surface area contributed by atoms with Crippen LogP contribution in [0.1, 0.15) is 18.4 Å². The Kier molecular flexibility index (Phi) is 5.27. The number of hydrogen-bond donors (Lipinski definition) is 0. The topological polar surface area (TPSA) is 18.5 Å². The second-order valence-electron chi connectivity index (χ2n) is 3.38. The van der Waals surface area contributed by atoms with Gasteiger partial charge in [-0.25, -0.2) is 0 Å². The molecule has 1 atom stereocenters. The molecule has 1 rings (SSSR count). The summed E-state index contributed by atoms with van der Waals surface area (Å²) in [5.74, 6) is 0.452. The van der Waals surface area contributed by atoms with E-state index >= 15 is 0 Å². The van der Waals surface area contributed by atoms with Crippen molar-refractivity contribution in [3.63, 3.8) is 0 Å². The molecule has 1 aromatic carbocycles. The molecule has 0 aliphatic heterocycles. The smallest absolute Gasteiger partial charge is 0.0700 e. The van der Waals surface area contributed by atoms with Crippen molar-refractivity contribution >= 4 is 0 Å². The van der Waals surface area contributed by atoms with Crippen LogP contribution < -0.4 is 0 Å². The van der Waals surface area contributed by atoms with Crippen molar-refractivity contribution in [2.45, 2.75) is 12.8 Å². The van der Waals surface area contributed by atoms with E-state index in [1.165, 1.54) is 5.56 Å². The van der Waals surface area contributed by atoms with Crippen LogP contribution in [0.25, 0.3) is 0 Å². The second-order valence-corrected chi connectivity index (χ2v) is 3.38. The zero-order chi connectivity index (χ0) is 10.2. The molecule has 0 aliphatic carbocycles. The minimum absolute atomic E-state index is 0.452. The first-order valence-corrected chi connectivity index (χ1v) is 4.96. The molecule has 0 N–H and O–H groups in total. The fourth-order valence-corrected chi connectivity index (χ4v) is 1.28. The lowest BCUT2D eigenvalue weighted by atomic mass is 10.0. The average Bonchev–Trinajstić information content (AvgIpc) is 2.25. The molecule has 0 saturated heterocycles. The Bertz CT molecular complexity index is 233. The van der Waals surface area contributed by atoms with Gasteiger partial charge < -0.3 is 9.47 Å². The van der Waals surface area contributed by atoms with Gasteiger partial charge in [0, 0.05) is 13.0 Å². The predicted molar refractivity (Wildman–Crippen MR) is 57.6 cm³/mol. The Hall–Kier alpha value is -0.860. The van der Waals surface area contributed by atoms with E-state index in [0.717, 1.165) is 6.61 Å². The van der Waals surface area contributed by atoms with Crippen LogP contribution in [0, 0.1) is 0 Å². The molecule has 0 unspecified atom stereocenters. The average molecular weight is 194 g/mol. The highest BCUT2D eigenvalue weighted by Gasteiger charge is 2.03. The van der Waals surface area contributed by atoms with Gasteiger partial charge in [-0.15, -0.1) is 0 Å². The van der Waals surface area contributed by atoms with Crippen LogP contribution in [-0.4, -0.2) is 26.9 Å². The highest BCUT2D eigenvalue weighted by Crippen LogP contribution is 2.14. The third-order valence-corrected chi connectivity index (χ3v) is 2.17. The first kappa shape index (κ1) is 11.2. The van der Waals surface area contributed by atoms with E-state index in [-0.39, 0.29) is 0 Å². The quantitative estimate of drug-likeness (QED) is 0.648. The van der Waals surface area contributed by atoms with Gasteiger partial charge in [0.1, 0.15) is 0 Å². The maximum atomic E-state index is 5.47. The first-order valence-electron chi connectivity index (χ1n) is 4.96. The van der Waals surface area contributed by atoms with Crippen molar-refractivity contribution in [2.24, 2.45) is 0 Å². The number of ether oxygens (including phenoxy) is 2. The molecule has 0 radical (unpaired) electrons. The third kappa shape index (κ3) is 3.90. The van der Waals surface area contributed by atoms with E-state index in [1.807, 2.05) is 6.07 Å². The summed E-state index contributed by atoms with van der Waals surface area (Å²) < 4.78 is 10.4. The first-order chi connectivity index (χ1) is 6.84. The molecule has 14 heavy (non-hydrogen) atoms. The van der Waals surface area contributed by atoms with E-state index in [0.29, 0.717) is 19.1 Å². The van der Waals surface area contributed by atoms with E-state index in [1.54, 1.807) is 7.11 Å². The summed E-state index contributed by atoms with van der Waals surface area (Å²) in [4.78, 5) is 0. The molecule has 0 saturated carbocycles. The van der Waals surface area contributed by atoms with Crippen molar-refractivity contribution in [2.75, 3.05) is 26.9 Å². The normalized spacial score (nSPS) is 12.7. The maximum Gasteiger partial charge on any atom is 0.0700 e. The maximum absolute atomic E-state index is 5.47. The summed E-state index contributed by atoms with van der Waals surface area (Å²) in [6.07, 6.45) is 0. The van der Waals surface area contributed by atoms with Crippen LogP contribution in [0.4, 0.5) is 0 Å².